The maximum Gasteiger partial charge on any atom is 0.106 e. The summed E-state index contributed by atoms with van der Waals surface area (Å²) in [5, 5.41) is 0. The lowest BCUT2D eigenvalue weighted by atomic mass is 10.2. The average molecular weight is 126 g/mol. The van der Waals surface area contributed by atoms with Crippen LogP contribution in [0.1, 0.15) is 19.3 Å². The van der Waals surface area contributed by atoms with Gasteiger partial charge in [0.2, 0.25) is 0 Å². The number of hydrogen-bond donors (Lipinski definition) is 0. The molecule has 0 bridgehead atoms. The zero-order chi connectivity index (χ0) is 6.85. The summed E-state index contributed by atoms with van der Waals surface area (Å²) in [4.78, 5) is 0. The van der Waals surface area contributed by atoms with Crippen molar-refractivity contribution in [2.75, 3.05) is 0 Å². The van der Waals surface area contributed by atoms with Gasteiger partial charge in [-0.15, -0.1) is 12.8 Å². The first kappa shape index (κ1) is 6.61. The molecule has 0 nitrogen and oxygen atoms in total. The van der Waals surface area contributed by atoms with E-state index in [0.29, 0.717) is 11.8 Å². The molecule has 0 radical (unpaired) electrons. The van der Waals surface area contributed by atoms with Crippen LogP contribution in [0.15, 0.2) is 0 Å². The molecule has 2 aliphatic rings. The second kappa shape index (κ2) is 2.39. The molecule has 0 saturated heterocycles. The summed E-state index contributed by atoms with van der Waals surface area (Å²) in [5.41, 5.74) is 0. The van der Waals surface area contributed by atoms with Crippen LogP contribution in [-0.2, 0) is 0 Å². The minimum Gasteiger partial charge on any atom is -0.247 e. The largest absolute Gasteiger partial charge is 0.247 e. The average Bonchev–Trinajstić information content (AvgIpc) is 2.36. The lowest BCUT2D eigenvalue weighted by molar-refractivity contribution is 0.399. The van der Waals surface area contributed by atoms with Gasteiger partial charge >= 0.3 is 0 Å². The first-order chi connectivity index (χ1) is 4.39. The molecular weight excluding hydrogens is 115 g/mol. The van der Waals surface area contributed by atoms with Crippen molar-refractivity contribution < 1.29 is 4.39 Å². The summed E-state index contributed by atoms with van der Waals surface area (Å²) in [6.45, 7) is 0. The van der Waals surface area contributed by atoms with E-state index >= 15 is 0 Å². The first-order valence-electron chi connectivity index (χ1n) is 3.37. The van der Waals surface area contributed by atoms with Crippen molar-refractivity contribution in [2.24, 2.45) is 11.8 Å². The molecule has 0 amide bonds. The van der Waals surface area contributed by atoms with Crippen molar-refractivity contribution in [3.05, 3.63) is 0 Å². The summed E-state index contributed by atoms with van der Waals surface area (Å²) in [7, 11) is 0. The molecule has 0 spiro atoms. The Morgan fingerprint density at radius 1 is 1.11 bits per heavy atom. The molecule has 0 heterocycles. The topological polar surface area (TPSA) is 0 Å². The van der Waals surface area contributed by atoms with Crippen LogP contribution in [0.25, 0.3) is 0 Å². The summed E-state index contributed by atoms with van der Waals surface area (Å²) in [6.07, 6.45) is 11.3. The van der Waals surface area contributed by atoms with Gasteiger partial charge in [0.15, 0.2) is 0 Å². The minimum atomic E-state index is -0.381. The first-order valence-corrected chi connectivity index (χ1v) is 3.37. The van der Waals surface area contributed by atoms with Crippen molar-refractivity contribution >= 4 is 0 Å². The van der Waals surface area contributed by atoms with E-state index in [2.05, 4.69) is 12.8 Å². The second-order valence-electron chi connectivity index (χ2n) is 2.70. The molecule has 0 N–H and O–H groups in total. The second-order valence-corrected chi connectivity index (χ2v) is 2.70. The van der Waals surface area contributed by atoms with Crippen molar-refractivity contribution in [1.82, 2.24) is 0 Å². The maximum atomic E-state index is 12.2. The van der Waals surface area contributed by atoms with E-state index in [4.69, 9.17) is 0 Å². The third-order valence-corrected chi connectivity index (χ3v) is 2.30. The van der Waals surface area contributed by atoms with Crippen molar-refractivity contribution in [3.8, 4) is 12.8 Å². The Morgan fingerprint density at radius 2 is 1.56 bits per heavy atom. The van der Waals surface area contributed by atoms with Gasteiger partial charge in [-0.25, -0.2) is 4.39 Å². The molecule has 0 aliphatic heterocycles. The summed E-state index contributed by atoms with van der Waals surface area (Å²) in [6, 6.07) is 0. The molecule has 0 aromatic rings. The van der Waals surface area contributed by atoms with E-state index in [9.17, 15) is 4.39 Å². The molecule has 2 atom stereocenters. The molecule has 2 rings (SSSR count). The van der Waals surface area contributed by atoms with Gasteiger partial charge in [-0.3, -0.25) is 0 Å². The van der Waals surface area contributed by atoms with Crippen molar-refractivity contribution in [2.45, 2.75) is 25.4 Å². The Hall–Kier alpha value is -0.510. The van der Waals surface area contributed by atoms with E-state index < -0.39 is 0 Å². The molecule has 50 valence electrons. The van der Waals surface area contributed by atoms with Gasteiger partial charge in [0, 0.05) is 0 Å². The summed E-state index contributed by atoms with van der Waals surface area (Å²) in [5.74, 6) is 1.03. The molecule has 2 aliphatic carbocycles. The lowest BCUT2D eigenvalue weighted by Crippen LogP contribution is -1.81. The molecule has 1 heteroatoms. The van der Waals surface area contributed by atoms with E-state index in [1.165, 1.54) is 19.3 Å². The van der Waals surface area contributed by atoms with Crippen molar-refractivity contribution in [1.29, 1.82) is 0 Å². The highest BCUT2D eigenvalue weighted by atomic mass is 19.1. The number of hydrogen-bond acceptors (Lipinski definition) is 0. The minimum absolute atomic E-state index is 0.381. The van der Waals surface area contributed by atoms with Gasteiger partial charge in [-0.05, 0) is 24.7 Å². The zero-order valence-corrected chi connectivity index (χ0v) is 5.39. The van der Waals surface area contributed by atoms with Crippen LogP contribution in [0, 0.1) is 24.7 Å². The van der Waals surface area contributed by atoms with E-state index in [1.807, 2.05) is 0 Å². The third kappa shape index (κ3) is 0.941. The molecule has 0 aromatic heterocycles. The highest BCUT2D eigenvalue weighted by Gasteiger charge is 2.53. The molecule has 0 aromatic carbocycles. The number of rotatable bonds is 0. The molecule has 2 saturated carbocycles. The maximum absolute atomic E-state index is 12.2. The molecule has 9 heavy (non-hydrogen) atoms. The molecule has 2 unspecified atom stereocenters. The van der Waals surface area contributed by atoms with Gasteiger partial charge in [0.05, 0.1) is 0 Å². The zero-order valence-electron chi connectivity index (χ0n) is 5.39. The Labute approximate surface area is 55.5 Å². The molecular formula is C8H11F. The smallest absolute Gasteiger partial charge is 0.106 e. The normalized spacial score (nSPS) is 44.6. The standard InChI is InChI=1S/C6H9F.C2H2/c7-6-4-2-1-3-5(4)6;1-2/h4-6H,1-3H2;1-2H. The predicted molar refractivity (Wildman–Crippen MR) is 35.6 cm³/mol. The number of terminal acetylenes is 1. The van der Waals surface area contributed by atoms with E-state index in [-0.39, 0.29) is 6.17 Å². The van der Waals surface area contributed by atoms with Gasteiger partial charge in [-0.2, -0.15) is 0 Å². The molecule has 2 fully saturated rings. The van der Waals surface area contributed by atoms with Crippen LogP contribution in [0.3, 0.4) is 0 Å². The predicted octanol–water partition coefficient (Wildman–Crippen LogP) is 2.00. The third-order valence-electron chi connectivity index (χ3n) is 2.30. The Morgan fingerprint density at radius 3 is 1.78 bits per heavy atom. The Balaban J connectivity index is 0.000000186. The van der Waals surface area contributed by atoms with Gasteiger partial charge in [0.25, 0.3) is 0 Å². The number of alkyl halides is 1. The van der Waals surface area contributed by atoms with Gasteiger partial charge in [-0.1, -0.05) is 6.42 Å². The summed E-state index contributed by atoms with van der Waals surface area (Å²) < 4.78 is 12.2. The van der Waals surface area contributed by atoms with Gasteiger partial charge in [0.1, 0.15) is 6.17 Å². The van der Waals surface area contributed by atoms with Crippen LogP contribution < -0.4 is 0 Å². The fourth-order valence-electron chi connectivity index (χ4n) is 1.73. The fourth-order valence-corrected chi connectivity index (χ4v) is 1.73. The van der Waals surface area contributed by atoms with Crippen molar-refractivity contribution in [3.63, 3.8) is 0 Å². The van der Waals surface area contributed by atoms with Gasteiger partial charge < -0.3 is 0 Å². The Kier molecular flexibility index (Phi) is 1.75. The highest BCUT2D eigenvalue weighted by molar-refractivity contribution is 5.01. The quantitative estimate of drug-likeness (QED) is 0.435. The van der Waals surface area contributed by atoms with E-state index in [1.54, 1.807) is 0 Å². The number of fused-ring (bicyclic) bond motifs is 1. The van der Waals surface area contributed by atoms with Crippen LogP contribution in [0.5, 0.6) is 0 Å². The Bertz CT molecular complexity index is 107. The van der Waals surface area contributed by atoms with Crippen LogP contribution in [-0.4, -0.2) is 6.17 Å². The highest BCUT2D eigenvalue weighted by Crippen LogP contribution is 2.53. The summed E-state index contributed by atoms with van der Waals surface area (Å²) >= 11 is 0. The lowest BCUT2D eigenvalue weighted by Gasteiger charge is -1.87. The SMILES string of the molecule is C#C.FC1C2CCCC12. The monoisotopic (exact) mass is 126 g/mol. The van der Waals surface area contributed by atoms with Crippen LogP contribution in [0.2, 0.25) is 0 Å². The fraction of sp³-hybridized carbons (Fsp3) is 0.750. The van der Waals surface area contributed by atoms with E-state index in [0.717, 1.165) is 0 Å². The number of halogens is 1. The van der Waals surface area contributed by atoms with Crippen LogP contribution in [0.4, 0.5) is 4.39 Å². The van der Waals surface area contributed by atoms with Crippen LogP contribution >= 0.6 is 0 Å².